The second-order valence-corrected chi connectivity index (χ2v) is 5.62. The SMILES string of the molecule is NCc1oc2ccccc2c1COCCc1cccs1. The fraction of sp³-hybridized carbons (Fsp3) is 0.250. The summed E-state index contributed by atoms with van der Waals surface area (Å²) in [6.45, 7) is 1.66. The Morgan fingerprint density at radius 2 is 2.05 bits per heavy atom. The third-order valence-electron chi connectivity index (χ3n) is 3.29. The minimum atomic E-state index is 0.401. The van der Waals surface area contributed by atoms with Crippen LogP contribution in [0, 0.1) is 0 Å². The first-order valence-electron chi connectivity index (χ1n) is 6.68. The van der Waals surface area contributed by atoms with Gasteiger partial charge in [0.1, 0.15) is 11.3 Å². The molecule has 2 aromatic heterocycles. The topological polar surface area (TPSA) is 48.4 Å². The van der Waals surface area contributed by atoms with Crippen LogP contribution in [0.3, 0.4) is 0 Å². The normalized spacial score (nSPS) is 11.2. The first kappa shape index (κ1) is 13.4. The van der Waals surface area contributed by atoms with Crippen LogP contribution in [-0.2, 0) is 24.3 Å². The molecular formula is C16H17NO2S. The molecule has 0 aliphatic heterocycles. The highest BCUT2D eigenvalue weighted by molar-refractivity contribution is 7.09. The van der Waals surface area contributed by atoms with Crippen LogP contribution in [0.5, 0.6) is 0 Å². The lowest BCUT2D eigenvalue weighted by Gasteiger charge is -2.04. The maximum Gasteiger partial charge on any atom is 0.134 e. The molecule has 104 valence electrons. The van der Waals surface area contributed by atoms with Crippen molar-refractivity contribution in [2.45, 2.75) is 19.6 Å². The Bertz CT molecular complexity index is 673. The summed E-state index contributed by atoms with van der Waals surface area (Å²) >= 11 is 1.76. The number of fused-ring (bicyclic) bond motifs is 1. The summed E-state index contributed by atoms with van der Waals surface area (Å²) in [6, 6.07) is 12.2. The zero-order valence-corrected chi connectivity index (χ0v) is 12.0. The van der Waals surface area contributed by atoms with Gasteiger partial charge in [0.15, 0.2) is 0 Å². The molecule has 3 nitrogen and oxygen atoms in total. The van der Waals surface area contributed by atoms with Gasteiger partial charge in [-0.2, -0.15) is 0 Å². The van der Waals surface area contributed by atoms with Crippen molar-refractivity contribution < 1.29 is 9.15 Å². The van der Waals surface area contributed by atoms with Crippen LogP contribution in [0.15, 0.2) is 46.2 Å². The molecule has 20 heavy (non-hydrogen) atoms. The number of hydrogen-bond acceptors (Lipinski definition) is 4. The standard InChI is InChI=1S/C16H17NO2S/c17-10-16-14(13-5-1-2-6-15(13)19-16)11-18-8-7-12-4-3-9-20-12/h1-6,9H,7-8,10-11,17H2. The van der Waals surface area contributed by atoms with Crippen LogP contribution in [0.1, 0.15) is 16.2 Å². The molecule has 2 heterocycles. The van der Waals surface area contributed by atoms with Crippen molar-refractivity contribution in [1.82, 2.24) is 0 Å². The number of nitrogens with two attached hydrogens (primary N) is 1. The van der Waals surface area contributed by atoms with E-state index in [0.717, 1.165) is 28.7 Å². The fourth-order valence-electron chi connectivity index (χ4n) is 2.27. The van der Waals surface area contributed by atoms with Crippen molar-refractivity contribution in [1.29, 1.82) is 0 Å². The highest BCUT2D eigenvalue weighted by atomic mass is 32.1. The number of benzene rings is 1. The van der Waals surface area contributed by atoms with Crippen molar-refractivity contribution in [2.24, 2.45) is 5.73 Å². The highest BCUT2D eigenvalue weighted by Crippen LogP contribution is 2.26. The zero-order chi connectivity index (χ0) is 13.8. The predicted molar refractivity (Wildman–Crippen MR) is 81.8 cm³/mol. The van der Waals surface area contributed by atoms with Gasteiger partial charge in [-0.3, -0.25) is 0 Å². The number of hydrogen-bond donors (Lipinski definition) is 1. The Kier molecular flexibility index (Phi) is 4.16. The van der Waals surface area contributed by atoms with Gasteiger partial charge in [0.05, 0.1) is 19.8 Å². The monoisotopic (exact) mass is 287 g/mol. The number of thiophene rings is 1. The summed E-state index contributed by atoms with van der Waals surface area (Å²) in [7, 11) is 0. The molecule has 0 radical (unpaired) electrons. The molecule has 2 N–H and O–H groups in total. The van der Waals surface area contributed by atoms with Crippen LogP contribution in [0.4, 0.5) is 0 Å². The largest absolute Gasteiger partial charge is 0.459 e. The Balaban J connectivity index is 1.67. The lowest BCUT2D eigenvalue weighted by Crippen LogP contribution is -2.02. The van der Waals surface area contributed by atoms with Gasteiger partial charge in [-0.25, -0.2) is 0 Å². The van der Waals surface area contributed by atoms with Crippen LogP contribution in [0.2, 0.25) is 0 Å². The molecule has 0 fully saturated rings. The van der Waals surface area contributed by atoms with Gasteiger partial charge < -0.3 is 14.9 Å². The molecule has 0 unspecified atom stereocenters. The predicted octanol–water partition coefficient (Wildman–Crippen LogP) is 3.71. The van der Waals surface area contributed by atoms with E-state index >= 15 is 0 Å². The Hall–Kier alpha value is -1.62. The fourth-order valence-corrected chi connectivity index (χ4v) is 2.96. The van der Waals surface area contributed by atoms with E-state index in [1.807, 2.05) is 18.2 Å². The van der Waals surface area contributed by atoms with Gasteiger partial charge in [-0.05, 0) is 17.5 Å². The molecule has 0 spiro atoms. The first-order chi connectivity index (χ1) is 9.88. The van der Waals surface area contributed by atoms with Crippen molar-refractivity contribution in [3.05, 3.63) is 58.0 Å². The quantitative estimate of drug-likeness (QED) is 0.703. The van der Waals surface area contributed by atoms with E-state index < -0.39 is 0 Å². The van der Waals surface area contributed by atoms with Gasteiger partial charge in [-0.15, -0.1) is 11.3 Å². The Morgan fingerprint density at radius 1 is 1.15 bits per heavy atom. The van der Waals surface area contributed by atoms with Gasteiger partial charge in [0.25, 0.3) is 0 Å². The minimum Gasteiger partial charge on any atom is -0.459 e. The molecule has 4 heteroatoms. The number of rotatable bonds is 6. The van der Waals surface area contributed by atoms with E-state index in [2.05, 4.69) is 23.6 Å². The van der Waals surface area contributed by atoms with E-state index in [-0.39, 0.29) is 0 Å². The van der Waals surface area contributed by atoms with Crippen LogP contribution in [-0.4, -0.2) is 6.61 Å². The average molecular weight is 287 g/mol. The zero-order valence-electron chi connectivity index (χ0n) is 11.2. The van der Waals surface area contributed by atoms with Gasteiger partial charge in [-0.1, -0.05) is 24.3 Å². The molecule has 0 saturated carbocycles. The van der Waals surface area contributed by atoms with E-state index in [9.17, 15) is 0 Å². The number of ether oxygens (including phenoxy) is 1. The highest BCUT2D eigenvalue weighted by Gasteiger charge is 2.12. The van der Waals surface area contributed by atoms with Crippen LogP contribution in [0.25, 0.3) is 11.0 Å². The third kappa shape index (κ3) is 2.77. The van der Waals surface area contributed by atoms with Crippen molar-refractivity contribution >= 4 is 22.3 Å². The number of furan rings is 1. The Labute approximate surface area is 122 Å². The second kappa shape index (κ2) is 6.22. The van der Waals surface area contributed by atoms with Gasteiger partial charge in [0.2, 0.25) is 0 Å². The summed E-state index contributed by atoms with van der Waals surface area (Å²) in [4.78, 5) is 1.35. The Morgan fingerprint density at radius 3 is 2.85 bits per heavy atom. The maximum atomic E-state index is 5.79. The molecule has 0 atom stereocenters. The van der Waals surface area contributed by atoms with Gasteiger partial charge >= 0.3 is 0 Å². The van der Waals surface area contributed by atoms with Gasteiger partial charge in [0, 0.05) is 22.2 Å². The van der Waals surface area contributed by atoms with Crippen LogP contribution >= 0.6 is 11.3 Å². The van der Waals surface area contributed by atoms with E-state index in [1.54, 1.807) is 11.3 Å². The third-order valence-corrected chi connectivity index (χ3v) is 4.22. The summed E-state index contributed by atoms with van der Waals surface area (Å²) in [5.74, 6) is 0.822. The van der Waals surface area contributed by atoms with E-state index in [0.29, 0.717) is 19.8 Å². The number of para-hydroxylation sites is 1. The molecular weight excluding hydrogens is 270 g/mol. The smallest absolute Gasteiger partial charge is 0.134 e. The van der Waals surface area contributed by atoms with Crippen molar-refractivity contribution in [3.8, 4) is 0 Å². The first-order valence-corrected chi connectivity index (χ1v) is 7.56. The van der Waals surface area contributed by atoms with Crippen LogP contribution < -0.4 is 5.73 Å². The summed E-state index contributed by atoms with van der Waals surface area (Å²) in [6.07, 6.45) is 0.950. The van der Waals surface area contributed by atoms with E-state index in [1.165, 1.54) is 4.88 Å². The average Bonchev–Trinajstić information content (AvgIpc) is 3.11. The molecule has 3 aromatic rings. The molecule has 1 aromatic carbocycles. The van der Waals surface area contributed by atoms with E-state index in [4.69, 9.17) is 14.9 Å². The summed E-state index contributed by atoms with van der Waals surface area (Å²) < 4.78 is 11.5. The van der Waals surface area contributed by atoms with Crippen molar-refractivity contribution in [3.63, 3.8) is 0 Å². The maximum absolute atomic E-state index is 5.79. The lowest BCUT2D eigenvalue weighted by molar-refractivity contribution is 0.124. The lowest BCUT2D eigenvalue weighted by atomic mass is 10.1. The minimum absolute atomic E-state index is 0.401. The molecule has 0 aliphatic rings. The molecule has 0 amide bonds. The summed E-state index contributed by atoms with van der Waals surface area (Å²) in [5.41, 5.74) is 7.71. The summed E-state index contributed by atoms with van der Waals surface area (Å²) in [5, 5.41) is 3.19. The second-order valence-electron chi connectivity index (χ2n) is 4.59. The molecule has 0 aliphatic carbocycles. The molecule has 0 saturated heterocycles. The molecule has 0 bridgehead atoms. The van der Waals surface area contributed by atoms with Crippen molar-refractivity contribution in [2.75, 3.05) is 6.61 Å². The molecule has 3 rings (SSSR count).